The third-order valence-corrected chi connectivity index (χ3v) is 3.15. The smallest absolute Gasteiger partial charge is 0.250 e. The van der Waals surface area contributed by atoms with Crippen LogP contribution in [0.15, 0.2) is 18.2 Å². The van der Waals surface area contributed by atoms with Crippen LogP contribution in [0.5, 0.6) is 0 Å². The van der Waals surface area contributed by atoms with Crippen molar-refractivity contribution in [2.75, 3.05) is 17.2 Å². The van der Waals surface area contributed by atoms with Crippen LogP contribution in [0.25, 0.3) is 0 Å². The van der Waals surface area contributed by atoms with E-state index < -0.39 is 0 Å². The Morgan fingerprint density at radius 2 is 2.11 bits per heavy atom. The predicted octanol–water partition coefficient (Wildman–Crippen LogP) is 1.99. The van der Waals surface area contributed by atoms with E-state index in [0.717, 1.165) is 12.2 Å². The minimum absolute atomic E-state index is 0.389. The molecule has 98 valence electrons. The molecule has 0 bridgehead atoms. The largest absolute Gasteiger partial charge is 0.399 e. The topological polar surface area (TPSA) is 72.3 Å². The summed E-state index contributed by atoms with van der Waals surface area (Å²) in [6.45, 7) is 5.27. The number of hydrogen-bond donors (Lipinski definition) is 2. The summed E-state index contributed by atoms with van der Waals surface area (Å²) in [5, 5.41) is 0. The molecule has 1 fully saturated rings. The Hall–Kier alpha value is -1.71. The lowest BCUT2D eigenvalue weighted by Gasteiger charge is -2.28. The van der Waals surface area contributed by atoms with Gasteiger partial charge in [-0.15, -0.1) is 0 Å². The van der Waals surface area contributed by atoms with Gasteiger partial charge in [-0.05, 0) is 37.0 Å². The normalized spacial score (nSPS) is 14.8. The maximum Gasteiger partial charge on any atom is 0.250 e. The number of carbonyl (C=O) groups is 1. The number of nitrogens with two attached hydrogens (primary N) is 2. The van der Waals surface area contributed by atoms with Crippen molar-refractivity contribution in [2.45, 2.75) is 32.7 Å². The molecule has 1 aliphatic rings. The number of nitrogens with zero attached hydrogens (tertiary/aromatic N) is 1. The standard InChI is InChI=1S/C14H21N3O/c1-9(2)8-17(11-4-5-11)13-7-10(15)3-6-12(13)14(16)18/h3,6-7,9,11H,4-5,8,15H2,1-2H3,(H2,16,18). The molecular weight excluding hydrogens is 226 g/mol. The summed E-state index contributed by atoms with van der Waals surface area (Å²) in [5.41, 5.74) is 13.4. The molecule has 4 heteroatoms. The molecule has 2 rings (SSSR count). The first-order valence-electron chi connectivity index (χ1n) is 6.45. The highest BCUT2D eigenvalue weighted by Crippen LogP contribution is 2.35. The van der Waals surface area contributed by atoms with Gasteiger partial charge >= 0.3 is 0 Å². The molecule has 0 unspecified atom stereocenters. The van der Waals surface area contributed by atoms with E-state index >= 15 is 0 Å². The Balaban J connectivity index is 2.38. The molecule has 0 atom stereocenters. The molecule has 0 radical (unpaired) electrons. The van der Waals surface area contributed by atoms with Gasteiger partial charge in [-0.25, -0.2) is 0 Å². The van der Waals surface area contributed by atoms with Gasteiger partial charge in [0, 0.05) is 18.3 Å². The van der Waals surface area contributed by atoms with Crippen LogP contribution < -0.4 is 16.4 Å². The fraction of sp³-hybridized carbons (Fsp3) is 0.500. The molecule has 18 heavy (non-hydrogen) atoms. The summed E-state index contributed by atoms with van der Waals surface area (Å²) in [6, 6.07) is 5.85. The number of rotatable bonds is 5. The van der Waals surface area contributed by atoms with Gasteiger partial charge in [0.15, 0.2) is 0 Å². The molecule has 4 N–H and O–H groups in total. The molecule has 0 saturated heterocycles. The molecule has 1 aliphatic carbocycles. The molecule has 0 spiro atoms. The van der Waals surface area contributed by atoms with E-state index in [9.17, 15) is 4.79 Å². The van der Waals surface area contributed by atoms with Crippen LogP contribution >= 0.6 is 0 Å². The second kappa shape index (κ2) is 4.88. The zero-order valence-corrected chi connectivity index (χ0v) is 11.0. The van der Waals surface area contributed by atoms with E-state index in [1.165, 1.54) is 12.8 Å². The first kappa shape index (κ1) is 12.7. The molecule has 1 aromatic carbocycles. The van der Waals surface area contributed by atoms with Gasteiger partial charge in [0.2, 0.25) is 0 Å². The Morgan fingerprint density at radius 1 is 1.44 bits per heavy atom. The third kappa shape index (κ3) is 2.75. The van der Waals surface area contributed by atoms with Crippen LogP contribution in [0.3, 0.4) is 0 Å². The lowest BCUT2D eigenvalue weighted by Crippen LogP contribution is -2.32. The number of primary amides is 1. The quantitative estimate of drug-likeness (QED) is 0.782. The lowest BCUT2D eigenvalue weighted by molar-refractivity contribution is 0.100. The van der Waals surface area contributed by atoms with E-state index in [0.29, 0.717) is 23.2 Å². The number of carbonyl (C=O) groups excluding carboxylic acids is 1. The fourth-order valence-electron chi connectivity index (χ4n) is 2.22. The zero-order chi connectivity index (χ0) is 13.3. The number of benzene rings is 1. The molecular formula is C14H21N3O. The first-order chi connectivity index (χ1) is 8.49. The van der Waals surface area contributed by atoms with Crippen molar-refractivity contribution in [3.05, 3.63) is 23.8 Å². The second-order valence-electron chi connectivity index (χ2n) is 5.42. The van der Waals surface area contributed by atoms with Crippen molar-refractivity contribution >= 4 is 17.3 Å². The summed E-state index contributed by atoms with van der Waals surface area (Å²) in [5.74, 6) is 0.146. The summed E-state index contributed by atoms with van der Waals surface area (Å²) in [6.07, 6.45) is 2.36. The molecule has 1 saturated carbocycles. The molecule has 0 aliphatic heterocycles. The highest BCUT2D eigenvalue weighted by Gasteiger charge is 2.31. The van der Waals surface area contributed by atoms with Crippen LogP contribution in [-0.4, -0.2) is 18.5 Å². The van der Waals surface area contributed by atoms with E-state index in [-0.39, 0.29) is 5.91 Å². The summed E-state index contributed by atoms with van der Waals surface area (Å²) in [7, 11) is 0. The maximum atomic E-state index is 11.5. The van der Waals surface area contributed by atoms with Crippen molar-refractivity contribution in [3.63, 3.8) is 0 Å². The van der Waals surface area contributed by atoms with Crippen LogP contribution in [0, 0.1) is 5.92 Å². The SMILES string of the molecule is CC(C)CN(c1cc(N)ccc1C(N)=O)C1CC1. The molecule has 0 aromatic heterocycles. The zero-order valence-electron chi connectivity index (χ0n) is 11.0. The molecule has 1 amide bonds. The van der Waals surface area contributed by atoms with Gasteiger partial charge in [0.25, 0.3) is 5.91 Å². The predicted molar refractivity (Wildman–Crippen MR) is 74.6 cm³/mol. The first-order valence-corrected chi connectivity index (χ1v) is 6.45. The lowest BCUT2D eigenvalue weighted by atomic mass is 10.1. The third-order valence-electron chi connectivity index (χ3n) is 3.15. The van der Waals surface area contributed by atoms with Gasteiger partial charge < -0.3 is 16.4 Å². The average molecular weight is 247 g/mol. The van der Waals surface area contributed by atoms with Crippen LogP contribution in [0.4, 0.5) is 11.4 Å². The average Bonchev–Trinajstić information content (AvgIpc) is 3.08. The Morgan fingerprint density at radius 3 is 2.61 bits per heavy atom. The summed E-state index contributed by atoms with van der Waals surface area (Å²) >= 11 is 0. The number of anilines is 2. The van der Waals surface area contributed by atoms with Crippen LogP contribution in [0.2, 0.25) is 0 Å². The molecule has 4 nitrogen and oxygen atoms in total. The highest BCUT2D eigenvalue weighted by atomic mass is 16.1. The maximum absolute atomic E-state index is 11.5. The number of hydrogen-bond acceptors (Lipinski definition) is 3. The summed E-state index contributed by atoms with van der Waals surface area (Å²) < 4.78 is 0. The van der Waals surface area contributed by atoms with Gasteiger partial charge in [0.05, 0.1) is 11.3 Å². The Bertz CT molecular complexity index is 452. The Kier molecular flexibility index (Phi) is 3.45. The number of nitrogen functional groups attached to an aromatic ring is 1. The minimum atomic E-state index is -0.389. The van der Waals surface area contributed by atoms with Crippen molar-refractivity contribution in [1.82, 2.24) is 0 Å². The van der Waals surface area contributed by atoms with E-state index in [4.69, 9.17) is 11.5 Å². The number of amides is 1. The highest BCUT2D eigenvalue weighted by molar-refractivity contribution is 5.99. The van der Waals surface area contributed by atoms with Gasteiger partial charge in [-0.1, -0.05) is 13.8 Å². The van der Waals surface area contributed by atoms with Gasteiger partial charge in [-0.2, -0.15) is 0 Å². The van der Waals surface area contributed by atoms with Crippen molar-refractivity contribution in [2.24, 2.45) is 11.7 Å². The van der Waals surface area contributed by atoms with E-state index in [1.54, 1.807) is 12.1 Å². The van der Waals surface area contributed by atoms with Crippen molar-refractivity contribution in [3.8, 4) is 0 Å². The molecule has 1 aromatic rings. The van der Waals surface area contributed by atoms with E-state index in [1.807, 2.05) is 6.07 Å². The summed E-state index contributed by atoms with van der Waals surface area (Å²) in [4.78, 5) is 13.8. The van der Waals surface area contributed by atoms with Gasteiger partial charge in [0.1, 0.15) is 0 Å². The Labute approximate surface area is 108 Å². The second-order valence-corrected chi connectivity index (χ2v) is 5.42. The van der Waals surface area contributed by atoms with Crippen molar-refractivity contribution < 1.29 is 4.79 Å². The van der Waals surface area contributed by atoms with Crippen molar-refractivity contribution in [1.29, 1.82) is 0 Å². The molecule has 0 heterocycles. The van der Waals surface area contributed by atoms with E-state index in [2.05, 4.69) is 18.7 Å². The fourth-order valence-corrected chi connectivity index (χ4v) is 2.22. The minimum Gasteiger partial charge on any atom is -0.399 e. The van der Waals surface area contributed by atoms with Crippen LogP contribution in [-0.2, 0) is 0 Å². The monoisotopic (exact) mass is 247 g/mol. The van der Waals surface area contributed by atoms with Crippen LogP contribution in [0.1, 0.15) is 37.0 Å². The van der Waals surface area contributed by atoms with Gasteiger partial charge in [-0.3, -0.25) is 4.79 Å².